The number of rotatable bonds is 2. The van der Waals surface area contributed by atoms with Crippen LogP contribution in [0.15, 0.2) is 29.2 Å². The van der Waals surface area contributed by atoms with E-state index in [2.05, 4.69) is 0 Å². The minimum atomic E-state index is -0.366. The maximum Gasteiger partial charge on any atom is 0.249 e. The van der Waals surface area contributed by atoms with Crippen LogP contribution < -0.4 is 5.73 Å². The topological polar surface area (TPSA) is 43.1 Å². The summed E-state index contributed by atoms with van der Waals surface area (Å²) in [6.07, 6.45) is 1.92. The molecule has 0 heterocycles. The average Bonchev–Trinajstić information content (AvgIpc) is 2.04. The number of hydrogen-bond donors (Lipinski definition) is 1. The van der Waals surface area contributed by atoms with Gasteiger partial charge in [0, 0.05) is 4.90 Å². The fourth-order valence-electron chi connectivity index (χ4n) is 0.848. The van der Waals surface area contributed by atoms with E-state index in [4.69, 9.17) is 5.73 Å². The van der Waals surface area contributed by atoms with Gasteiger partial charge < -0.3 is 5.73 Å². The molecule has 0 fully saturated rings. The van der Waals surface area contributed by atoms with E-state index in [1.165, 1.54) is 11.8 Å². The van der Waals surface area contributed by atoms with Crippen molar-refractivity contribution < 1.29 is 4.79 Å². The molecule has 2 nitrogen and oxygen atoms in total. The molecule has 0 radical (unpaired) electrons. The van der Waals surface area contributed by atoms with Gasteiger partial charge in [0.1, 0.15) is 0 Å². The summed E-state index contributed by atoms with van der Waals surface area (Å²) in [5, 5.41) is 0. The number of nitrogens with two attached hydrogens (primary N) is 1. The Morgan fingerprint density at radius 3 is 2.55 bits per heavy atom. The van der Waals surface area contributed by atoms with Crippen molar-refractivity contribution in [2.75, 3.05) is 6.26 Å². The minimum Gasteiger partial charge on any atom is -0.366 e. The van der Waals surface area contributed by atoms with Crippen LogP contribution in [-0.4, -0.2) is 12.2 Å². The van der Waals surface area contributed by atoms with Gasteiger partial charge in [0.25, 0.3) is 0 Å². The molecule has 1 aromatic carbocycles. The number of primary amides is 1. The molecule has 58 valence electrons. The molecule has 0 saturated carbocycles. The summed E-state index contributed by atoms with van der Waals surface area (Å²) in [7, 11) is 0. The van der Waals surface area contributed by atoms with Gasteiger partial charge in [-0.05, 0) is 18.4 Å². The van der Waals surface area contributed by atoms with Crippen LogP contribution in [-0.2, 0) is 0 Å². The molecule has 3 heteroatoms. The highest BCUT2D eigenvalue weighted by Crippen LogP contribution is 2.18. The van der Waals surface area contributed by atoms with Gasteiger partial charge in [-0.1, -0.05) is 12.1 Å². The quantitative estimate of drug-likeness (QED) is 0.678. The molecule has 0 aliphatic carbocycles. The lowest BCUT2D eigenvalue weighted by Crippen LogP contribution is -2.11. The summed E-state index contributed by atoms with van der Waals surface area (Å²) >= 11 is 1.52. The van der Waals surface area contributed by atoms with Gasteiger partial charge in [0.15, 0.2) is 0 Å². The molecule has 0 saturated heterocycles. The Balaban J connectivity index is 3.12. The first-order valence-electron chi connectivity index (χ1n) is 3.18. The Morgan fingerprint density at radius 1 is 1.45 bits per heavy atom. The average molecular weight is 167 g/mol. The summed E-state index contributed by atoms with van der Waals surface area (Å²) in [6, 6.07) is 7.30. The number of carbonyl (C=O) groups is 1. The van der Waals surface area contributed by atoms with Crippen LogP contribution in [0, 0.1) is 0 Å². The largest absolute Gasteiger partial charge is 0.366 e. The zero-order valence-electron chi connectivity index (χ0n) is 6.20. The lowest BCUT2D eigenvalue weighted by atomic mass is 10.2. The normalized spacial score (nSPS) is 9.55. The second-order valence-corrected chi connectivity index (χ2v) is 2.91. The Morgan fingerprint density at radius 2 is 2.09 bits per heavy atom. The van der Waals surface area contributed by atoms with Gasteiger partial charge in [-0.3, -0.25) is 4.79 Å². The van der Waals surface area contributed by atoms with E-state index in [9.17, 15) is 4.79 Å². The van der Waals surface area contributed by atoms with Crippen molar-refractivity contribution in [3.05, 3.63) is 29.8 Å². The van der Waals surface area contributed by atoms with Gasteiger partial charge in [0.05, 0.1) is 5.56 Å². The van der Waals surface area contributed by atoms with Crippen molar-refractivity contribution in [1.82, 2.24) is 0 Å². The molecule has 0 unspecified atom stereocenters. The van der Waals surface area contributed by atoms with E-state index >= 15 is 0 Å². The lowest BCUT2D eigenvalue weighted by Gasteiger charge is -2.00. The van der Waals surface area contributed by atoms with E-state index < -0.39 is 0 Å². The summed E-state index contributed by atoms with van der Waals surface area (Å²) in [5.74, 6) is -0.366. The smallest absolute Gasteiger partial charge is 0.249 e. The Labute approximate surface area is 69.8 Å². The number of benzene rings is 1. The highest BCUT2D eigenvalue weighted by atomic mass is 32.2. The molecule has 1 rings (SSSR count). The highest BCUT2D eigenvalue weighted by Gasteiger charge is 2.04. The lowest BCUT2D eigenvalue weighted by molar-refractivity contribution is 0.0997. The van der Waals surface area contributed by atoms with Crippen molar-refractivity contribution in [2.24, 2.45) is 5.73 Å². The van der Waals surface area contributed by atoms with E-state index in [0.717, 1.165) is 4.90 Å². The van der Waals surface area contributed by atoms with Gasteiger partial charge >= 0.3 is 0 Å². The predicted octanol–water partition coefficient (Wildman–Crippen LogP) is 1.51. The SMILES string of the molecule is CSc1ccccc1C(N)=O. The van der Waals surface area contributed by atoms with E-state index in [1.54, 1.807) is 12.1 Å². The van der Waals surface area contributed by atoms with Crippen LogP contribution in [0.3, 0.4) is 0 Å². The first-order valence-corrected chi connectivity index (χ1v) is 4.41. The van der Waals surface area contributed by atoms with Crippen molar-refractivity contribution in [1.29, 1.82) is 0 Å². The third kappa shape index (κ3) is 1.74. The zero-order valence-corrected chi connectivity index (χ0v) is 7.02. The Kier molecular flexibility index (Phi) is 2.54. The third-order valence-corrected chi connectivity index (χ3v) is 2.17. The molecule has 0 aliphatic rings. The third-order valence-electron chi connectivity index (χ3n) is 1.37. The first kappa shape index (κ1) is 8.14. The molecular formula is C8H9NOS. The number of carbonyl (C=O) groups excluding carboxylic acids is 1. The van der Waals surface area contributed by atoms with Crippen molar-refractivity contribution in [3.63, 3.8) is 0 Å². The van der Waals surface area contributed by atoms with Crippen LogP contribution >= 0.6 is 11.8 Å². The Hall–Kier alpha value is -0.960. The maximum absolute atomic E-state index is 10.8. The van der Waals surface area contributed by atoms with Gasteiger partial charge in [-0.15, -0.1) is 11.8 Å². The number of hydrogen-bond acceptors (Lipinski definition) is 2. The number of thioether (sulfide) groups is 1. The first-order chi connectivity index (χ1) is 5.25. The molecule has 1 amide bonds. The predicted molar refractivity (Wildman–Crippen MR) is 46.7 cm³/mol. The fraction of sp³-hybridized carbons (Fsp3) is 0.125. The molecule has 0 aromatic heterocycles. The molecule has 0 bridgehead atoms. The van der Waals surface area contributed by atoms with Crippen molar-refractivity contribution >= 4 is 17.7 Å². The van der Waals surface area contributed by atoms with E-state index in [-0.39, 0.29) is 5.91 Å². The molecule has 2 N–H and O–H groups in total. The zero-order chi connectivity index (χ0) is 8.27. The van der Waals surface area contributed by atoms with Crippen LogP contribution in [0.4, 0.5) is 0 Å². The molecule has 1 aromatic rings. The second kappa shape index (κ2) is 3.44. The van der Waals surface area contributed by atoms with Gasteiger partial charge in [-0.25, -0.2) is 0 Å². The second-order valence-electron chi connectivity index (χ2n) is 2.06. The van der Waals surface area contributed by atoms with Crippen LogP contribution in [0.2, 0.25) is 0 Å². The summed E-state index contributed by atoms with van der Waals surface area (Å²) in [5.41, 5.74) is 5.74. The van der Waals surface area contributed by atoms with Crippen molar-refractivity contribution in [3.8, 4) is 0 Å². The minimum absolute atomic E-state index is 0.366. The van der Waals surface area contributed by atoms with Crippen LogP contribution in [0.25, 0.3) is 0 Å². The molecule has 0 aliphatic heterocycles. The fourth-order valence-corrected chi connectivity index (χ4v) is 1.45. The van der Waals surface area contributed by atoms with E-state index in [1.807, 2.05) is 18.4 Å². The summed E-state index contributed by atoms with van der Waals surface area (Å²) in [6.45, 7) is 0. The van der Waals surface area contributed by atoms with Crippen LogP contribution in [0.1, 0.15) is 10.4 Å². The molecule has 0 atom stereocenters. The van der Waals surface area contributed by atoms with Crippen LogP contribution in [0.5, 0.6) is 0 Å². The standard InChI is InChI=1S/C8H9NOS/c1-11-7-5-3-2-4-6(7)8(9)10/h2-5H,1H3,(H2,9,10). The summed E-state index contributed by atoms with van der Waals surface area (Å²) in [4.78, 5) is 11.7. The van der Waals surface area contributed by atoms with Gasteiger partial charge in [-0.2, -0.15) is 0 Å². The monoisotopic (exact) mass is 167 g/mol. The molecule has 0 spiro atoms. The number of amides is 1. The molecule has 11 heavy (non-hydrogen) atoms. The van der Waals surface area contributed by atoms with Gasteiger partial charge in [0.2, 0.25) is 5.91 Å². The maximum atomic E-state index is 10.8. The summed E-state index contributed by atoms with van der Waals surface area (Å²) < 4.78 is 0. The Bertz CT molecular complexity index is 273. The van der Waals surface area contributed by atoms with E-state index in [0.29, 0.717) is 5.56 Å². The highest BCUT2D eigenvalue weighted by molar-refractivity contribution is 7.98. The van der Waals surface area contributed by atoms with Crippen molar-refractivity contribution in [2.45, 2.75) is 4.90 Å². The molecular weight excluding hydrogens is 158 g/mol.